The number of thioether (sulfide) groups is 1. The number of carbonyl (C=O) groups excluding carboxylic acids is 1. The number of benzene rings is 2. The fourth-order valence-electron chi connectivity index (χ4n) is 3.14. The number of hydrogen-bond donors (Lipinski definition) is 0. The third-order valence-corrected chi connectivity index (χ3v) is 5.50. The summed E-state index contributed by atoms with van der Waals surface area (Å²) < 4.78 is 19.4. The van der Waals surface area contributed by atoms with E-state index >= 15 is 0 Å². The van der Waals surface area contributed by atoms with Gasteiger partial charge in [0.25, 0.3) is 11.1 Å². The van der Waals surface area contributed by atoms with Gasteiger partial charge in [-0.2, -0.15) is 0 Å². The van der Waals surface area contributed by atoms with Gasteiger partial charge in [0.1, 0.15) is 5.82 Å². The molecule has 1 atom stereocenters. The molecule has 138 valence electrons. The minimum atomic E-state index is -0.422. The number of hydrogen-bond acceptors (Lipinski definition) is 5. The van der Waals surface area contributed by atoms with Crippen LogP contribution in [-0.4, -0.2) is 32.8 Å². The van der Waals surface area contributed by atoms with Crippen molar-refractivity contribution in [3.63, 3.8) is 0 Å². The molecule has 27 heavy (non-hydrogen) atoms. The molecular weight excluding hydrogens is 365 g/mol. The molecule has 0 unspecified atom stereocenters. The van der Waals surface area contributed by atoms with Crippen molar-refractivity contribution in [3.05, 3.63) is 65.5 Å². The van der Waals surface area contributed by atoms with Crippen molar-refractivity contribution in [2.75, 3.05) is 6.54 Å². The minimum absolute atomic E-state index is 0.0279. The first-order valence-electron chi connectivity index (χ1n) is 8.72. The van der Waals surface area contributed by atoms with Crippen LogP contribution in [0.4, 0.5) is 4.39 Å². The van der Waals surface area contributed by atoms with Crippen LogP contribution in [0.1, 0.15) is 18.1 Å². The molecule has 3 aromatic rings. The Hall–Kier alpha value is -2.67. The summed E-state index contributed by atoms with van der Waals surface area (Å²) in [6, 6.07) is 14.4. The Kier molecular flexibility index (Phi) is 4.94. The molecule has 0 aliphatic carbocycles. The van der Waals surface area contributed by atoms with Crippen LogP contribution in [0.3, 0.4) is 0 Å². The van der Waals surface area contributed by atoms with E-state index < -0.39 is 5.82 Å². The molecule has 1 aromatic heterocycles. The van der Waals surface area contributed by atoms with Crippen molar-refractivity contribution < 1.29 is 13.6 Å². The molecule has 0 radical (unpaired) electrons. The maximum absolute atomic E-state index is 13.8. The van der Waals surface area contributed by atoms with E-state index in [4.69, 9.17) is 4.42 Å². The molecule has 0 fully saturated rings. The van der Waals surface area contributed by atoms with Crippen LogP contribution in [-0.2, 0) is 17.8 Å². The molecule has 0 saturated heterocycles. The standard InChI is InChI=1S/C20H18FN3O2S/c1-13(19(25)24-11-10-14-6-2-3-7-15(14)12-24)27-20-23-22-18(26-20)16-8-4-5-9-17(16)21/h2-9,13H,10-12H2,1H3/t13-/m0/s1. The second-order valence-corrected chi connectivity index (χ2v) is 7.68. The first-order chi connectivity index (χ1) is 13.1. The summed E-state index contributed by atoms with van der Waals surface area (Å²) in [7, 11) is 0. The second kappa shape index (κ2) is 7.52. The fourth-order valence-corrected chi connectivity index (χ4v) is 3.91. The van der Waals surface area contributed by atoms with Gasteiger partial charge in [-0.25, -0.2) is 4.39 Å². The Morgan fingerprint density at radius 2 is 1.89 bits per heavy atom. The molecule has 2 heterocycles. The van der Waals surface area contributed by atoms with Gasteiger partial charge in [-0.15, -0.1) is 10.2 Å². The lowest BCUT2D eigenvalue weighted by molar-refractivity contribution is -0.131. The van der Waals surface area contributed by atoms with Crippen LogP contribution in [0.25, 0.3) is 11.5 Å². The zero-order valence-corrected chi connectivity index (χ0v) is 15.6. The van der Waals surface area contributed by atoms with E-state index in [-0.39, 0.29) is 27.8 Å². The van der Waals surface area contributed by atoms with Gasteiger partial charge in [-0.1, -0.05) is 48.2 Å². The molecule has 1 amide bonds. The molecule has 4 rings (SSSR count). The predicted octanol–water partition coefficient (Wildman–Crippen LogP) is 3.94. The normalized spacial score (nSPS) is 14.7. The predicted molar refractivity (Wildman–Crippen MR) is 101 cm³/mol. The van der Waals surface area contributed by atoms with Gasteiger partial charge in [-0.3, -0.25) is 4.79 Å². The van der Waals surface area contributed by atoms with Gasteiger partial charge in [0.05, 0.1) is 10.8 Å². The molecule has 0 spiro atoms. The SMILES string of the molecule is C[C@H](Sc1nnc(-c2ccccc2F)o1)C(=O)N1CCc2ccccc2C1. The second-order valence-electron chi connectivity index (χ2n) is 6.39. The zero-order chi connectivity index (χ0) is 18.8. The molecule has 1 aliphatic rings. The van der Waals surface area contributed by atoms with Crippen molar-refractivity contribution in [1.82, 2.24) is 15.1 Å². The van der Waals surface area contributed by atoms with Crippen LogP contribution in [0.5, 0.6) is 0 Å². The van der Waals surface area contributed by atoms with E-state index in [2.05, 4.69) is 22.3 Å². The Morgan fingerprint density at radius 3 is 2.70 bits per heavy atom. The molecule has 0 saturated carbocycles. The van der Waals surface area contributed by atoms with Crippen molar-refractivity contribution in [2.45, 2.75) is 30.4 Å². The minimum Gasteiger partial charge on any atom is -0.411 e. The number of nitrogens with zero attached hydrogens (tertiary/aromatic N) is 3. The lowest BCUT2D eigenvalue weighted by Crippen LogP contribution is -2.40. The van der Waals surface area contributed by atoms with Crippen molar-refractivity contribution in [2.24, 2.45) is 0 Å². The van der Waals surface area contributed by atoms with Crippen LogP contribution >= 0.6 is 11.8 Å². The summed E-state index contributed by atoms with van der Waals surface area (Å²) in [5, 5.41) is 7.73. The Labute approximate surface area is 160 Å². The van der Waals surface area contributed by atoms with Crippen molar-refractivity contribution in [1.29, 1.82) is 0 Å². The zero-order valence-electron chi connectivity index (χ0n) is 14.8. The van der Waals surface area contributed by atoms with Crippen molar-refractivity contribution in [3.8, 4) is 11.5 Å². The van der Waals surface area contributed by atoms with Crippen LogP contribution in [0.2, 0.25) is 0 Å². The smallest absolute Gasteiger partial charge is 0.277 e. The first-order valence-corrected chi connectivity index (χ1v) is 9.60. The number of amides is 1. The van der Waals surface area contributed by atoms with Gasteiger partial charge in [-0.05, 0) is 36.6 Å². The summed E-state index contributed by atoms with van der Waals surface area (Å²) in [6.07, 6.45) is 0.858. The van der Waals surface area contributed by atoms with E-state index in [0.29, 0.717) is 13.1 Å². The average molecular weight is 383 g/mol. The van der Waals surface area contributed by atoms with Gasteiger partial charge < -0.3 is 9.32 Å². The van der Waals surface area contributed by atoms with E-state index in [9.17, 15) is 9.18 Å². The molecule has 0 N–H and O–H groups in total. The molecule has 1 aliphatic heterocycles. The average Bonchev–Trinajstić information content (AvgIpc) is 3.15. The number of aromatic nitrogens is 2. The molecule has 0 bridgehead atoms. The summed E-state index contributed by atoms with van der Waals surface area (Å²) in [6.45, 7) is 3.13. The highest BCUT2D eigenvalue weighted by atomic mass is 32.2. The topological polar surface area (TPSA) is 59.2 Å². The van der Waals surface area contributed by atoms with E-state index in [1.165, 1.54) is 29.0 Å². The van der Waals surface area contributed by atoms with Crippen molar-refractivity contribution >= 4 is 17.7 Å². The first kappa shape index (κ1) is 17.7. The van der Waals surface area contributed by atoms with Gasteiger partial charge in [0, 0.05) is 13.1 Å². The largest absolute Gasteiger partial charge is 0.411 e. The van der Waals surface area contributed by atoms with Crippen LogP contribution in [0.15, 0.2) is 58.2 Å². The molecule has 5 nitrogen and oxygen atoms in total. The summed E-state index contributed by atoms with van der Waals surface area (Å²) >= 11 is 1.19. The lowest BCUT2D eigenvalue weighted by Gasteiger charge is -2.30. The number of carbonyl (C=O) groups is 1. The lowest BCUT2D eigenvalue weighted by atomic mass is 10.00. The number of rotatable bonds is 4. The van der Waals surface area contributed by atoms with Crippen LogP contribution < -0.4 is 0 Å². The summed E-state index contributed by atoms with van der Waals surface area (Å²) in [5.74, 6) is -0.281. The molecular formula is C20H18FN3O2S. The highest BCUT2D eigenvalue weighted by Gasteiger charge is 2.26. The maximum atomic E-state index is 13.8. The highest BCUT2D eigenvalue weighted by molar-refractivity contribution is 8.00. The number of halogens is 1. The highest BCUT2D eigenvalue weighted by Crippen LogP contribution is 2.29. The third kappa shape index (κ3) is 3.73. The Balaban J connectivity index is 1.43. The maximum Gasteiger partial charge on any atom is 0.277 e. The summed E-state index contributed by atoms with van der Waals surface area (Å²) in [5.41, 5.74) is 2.74. The van der Waals surface area contributed by atoms with Gasteiger partial charge in [0.2, 0.25) is 5.91 Å². The van der Waals surface area contributed by atoms with Gasteiger partial charge >= 0.3 is 0 Å². The number of fused-ring (bicyclic) bond motifs is 1. The Bertz CT molecular complexity index is 975. The van der Waals surface area contributed by atoms with Gasteiger partial charge in [0.15, 0.2) is 0 Å². The quantitative estimate of drug-likeness (QED) is 0.639. The van der Waals surface area contributed by atoms with Crippen LogP contribution in [0, 0.1) is 5.82 Å². The van der Waals surface area contributed by atoms with E-state index in [1.54, 1.807) is 18.2 Å². The molecule has 2 aromatic carbocycles. The third-order valence-electron chi connectivity index (χ3n) is 4.58. The Morgan fingerprint density at radius 1 is 1.15 bits per heavy atom. The molecule has 7 heteroatoms. The van der Waals surface area contributed by atoms with E-state index in [1.807, 2.05) is 24.0 Å². The fraction of sp³-hybridized carbons (Fsp3) is 0.250. The van der Waals surface area contributed by atoms with E-state index in [0.717, 1.165) is 6.42 Å². The summed E-state index contributed by atoms with van der Waals surface area (Å²) in [4.78, 5) is 14.7. The monoisotopic (exact) mass is 383 g/mol.